The molecule has 0 heterocycles. The van der Waals surface area contributed by atoms with Gasteiger partial charge in [0.25, 0.3) is 5.91 Å². The van der Waals surface area contributed by atoms with Crippen molar-refractivity contribution in [2.45, 2.75) is 38.6 Å². The molecule has 1 N–H and O–H groups in total. The normalized spacial score (nSPS) is 28.4. The highest BCUT2D eigenvalue weighted by molar-refractivity contribution is 9.10. The maximum absolute atomic E-state index is 12.0. The Labute approximate surface area is 134 Å². The first-order chi connectivity index (χ1) is 10.1. The van der Waals surface area contributed by atoms with Gasteiger partial charge in [0.1, 0.15) is 5.75 Å². The second-order valence-corrected chi connectivity index (χ2v) is 7.35. The number of rotatable bonds is 5. The first-order valence-electron chi connectivity index (χ1n) is 7.79. The molecule has 3 nitrogen and oxygen atoms in total. The molecule has 1 aromatic carbocycles. The van der Waals surface area contributed by atoms with Crippen LogP contribution in [0, 0.1) is 17.8 Å². The van der Waals surface area contributed by atoms with E-state index in [1.165, 1.54) is 25.7 Å². The van der Waals surface area contributed by atoms with E-state index in [1.807, 2.05) is 24.3 Å². The Hall–Kier alpha value is -1.03. The van der Waals surface area contributed by atoms with E-state index in [-0.39, 0.29) is 18.6 Å². The predicted molar refractivity (Wildman–Crippen MR) is 86.2 cm³/mol. The molecule has 21 heavy (non-hydrogen) atoms. The molecular weight excluding hydrogens is 330 g/mol. The van der Waals surface area contributed by atoms with E-state index in [9.17, 15) is 4.79 Å². The lowest BCUT2D eigenvalue weighted by atomic mass is 9.84. The third-order valence-corrected chi connectivity index (χ3v) is 5.54. The van der Waals surface area contributed by atoms with Crippen LogP contribution in [0.25, 0.3) is 0 Å². The highest BCUT2D eigenvalue weighted by Gasteiger charge is 2.42. The van der Waals surface area contributed by atoms with Gasteiger partial charge in [0, 0.05) is 10.5 Å². The quantitative estimate of drug-likeness (QED) is 0.876. The van der Waals surface area contributed by atoms with Crippen LogP contribution < -0.4 is 10.1 Å². The molecule has 0 saturated heterocycles. The Balaban J connectivity index is 1.44. The molecule has 2 fully saturated rings. The third-order valence-electron chi connectivity index (χ3n) is 5.01. The Bertz CT molecular complexity index is 502. The molecule has 114 valence electrons. The summed E-state index contributed by atoms with van der Waals surface area (Å²) in [4.78, 5) is 12.0. The maximum Gasteiger partial charge on any atom is 0.258 e. The largest absolute Gasteiger partial charge is 0.484 e. The van der Waals surface area contributed by atoms with E-state index in [0.717, 1.165) is 22.1 Å². The first-order valence-corrected chi connectivity index (χ1v) is 8.59. The molecule has 4 atom stereocenters. The number of benzene rings is 1. The number of ether oxygens (including phenoxy) is 1. The topological polar surface area (TPSA) is 38.3 Å². The van der Waals surface area contributed by atoms with Crippen molar-refractivity contribution < 1.29 is 9.53 Å². The molecular formula is C17H22BrNO2. The van der Waals surface area contributed by atoms with Crippen molar-refractivity contribution in [2.75, 3.05) is 6.61 Å². The number of nitrogens with one attached hydrogen (secondary N) is 1. The van der Waals surface area contributed by atoms with Crippen LogP contribution in [0.3, 0.4) is 0 Å². The lowest BCUT2D eigenvalue weighted by molar-refractivity contribution is -0.124. The minimum absolute atomic E-state index is 0.0202. The molecule has 0 aromatic heterocycles. The minimum Gasteiger partial charge on any atom is -0.484 e. The van der Waals surface area contributed by atoms with Gasteiger partial charge in [0.2, 0.25) is 0 Å². The van der Waals surface area contributed by atoms with Gasteiger partial charge in [-0.3, -0.25) is 4.79 Å². The average molecular weight is 352 g/mol. The molecule has 2 aliphatic carbocycles. The summed E-state index contributed by atoms with van der Waals surface area (Å²) >= 11 is 3.38. The van der Waals surface area contributed by atoms with Crippen LogP contribution in [0.5, 0.6) is 5.75 Å². The number of carbonyl (C=O) groups excluding carboxylic acids is 1. The van der Waals surface area contributed by atoms with Crippen molar-refractivity contribution in [3.05, 3.63) is 28.7 Å². The standard InChI is InChI=1S/C17H22BrNO2/c1-11(16-9-12-2-3-13(16)8-12)19-17(20)10-21-15-6-4-14(18)5-7-15/h4-7,11-13,16H,2-3,8-10H2,1H3,(H,19,20). The zero-order valence-electron chi connectivity index (χ0n) is 12.3. The fourth-order valence-corrected chi connectivity index (χ4v) is 4.25. The summed E-state index contributed by atoms with van der Waals surface area (Å²) in [5.74, 6) is 3.12. The first kappa shape index (κ1) is 14.9. The Morgan fingerprint density at radius 1 is 1.33 bits per heavy atom. The lowest BCUT2D eigenvalue weighted by Gasteiger charge is -2.28. The Kier molecular flexibility index (Phi) is 4.53. The van der Waals surface area contributed by atoms with E-state index in [1.54, 1.807) is 0 Å². The molecule has 0 radical (unpaired) electrons. The maximum atomic E-state index is 12.0. The number of amides is 1. The van der Waals surface area contributed by atoms with E-state index >= 15 is 0 Å². The van der Waals surface area contributed by atoms with Crippen molar-refractivity contribution >= 4 is 21.8 Å². The van der Waals surface area contributed by atoms with Crippen molar-refractivity contribution in [3.8, 4) is 5.75 Å². The van der Waals surface area contributed by atoms with Gasteiger partial charge < -0.3 is 10.1 Å². The summed E-state index contributed by atoms with van der Waals surface area (Å²) < 4.78 is 6.52. The predicted octanol–water partition coefficient (Wildman–Crippen LogP) is 3.77. The summed E-state index contributed by atoms with van der Waals surface area (Å²) in [5.41, 5.74) is 0. The van der Waals surface area contributed by atoms with E-state index in [2.05, 4.69) is 28.2 Å². The van der Waals surface area contributed by atoms with Crippen LogP contribution in [0.2, 0.25) is 0 Å². The van der Waals surface area contributed by atoms with E-state index in [0.29, 0.717) is 5.92 Å². The monoisotopic (exact) mass is 351 g/mol. The molecule has 2 aliphatic rings. The van der Waals surface area contributed by atoms with Crippen LogP contribution in [0.4, 0.5) is 0 Å². The van der Waals surface area contributed by atoms with E-state index in [4.69, 9.17) is 4.74 Å². The van der Waals surface area contributed by atoms with Crippen molar-refractivity contribution in [1.29, 1.82) is 0 Å². The van der Waals surface area contributed by atoms with Gasteiger partial charge >= 0.3 is 0 Å². The molecule has 4 unspecified atom stereocenters. The molecule has 1 amide bonds. The van der Waals surface area contributed by atoms with Gasteiger partial charge in [0.05, 0.1) is 0 Å². The van der Waals surface area contributed by atoms with Gasteiger partial charge in [0.15, 0.2) is 6.61 Å². The van der Waals surface area contributed by atoms with E-state index < -0.39 is 0 Å². The van der Waals surface area contributed by atoms with Crippen molar-refractivity contribution in [1.82, 2.24) is 5.32 Å². The SMILES string of the molecule is CC(NC(=O)COc1ccc(Br)cc1)C1CC2CCC1C2. The van der Waals surface area contributed by atoms with Gasteiger partial charge in [-0.25, -0.2) is 0 Å². The number of hydrogen-bond acceptors (Lipinski definition) is 2. The number of hydrogen-bond donors (Lipinski definition) is 1. The summed E-state index contributed by atoms with van der Waals surface area (Å²) in [6, 6.07) is 7.80. The van der Waals surface area contributed by atoms with Gasteiger partial charge in [-0.05, 0) is 68.2 Å². The second kappa shape index (κ2) is 6.39. The smallest absolute Gasteiger partial charge is 0.258 e. The van der Waals surface area contributed by atoms with Gasteiger partial charge in [-0.2, -0.15) is 0 Å². The summed E-state index contributed by atoms with van der Waals surface area (Å²) in [6.45, 7) is 2.23. The van der Waals surface area contributed by atoms with Crippen LogP contribution in [0.15, 0.2) is 28.7 Å². The zero-order chi connectivity index (χ0) is 14.8. The van der Waals surface area contributed by atoms with Crippen LogP contribution >= 0.6 is 15.9 Å². The minimum atomic E-state index is -0.0202. The van der Waals surface area contributed by atoms with Gasteiger partial charge in [-0.15, -0.1) is 0 Å². The average Bonchev–Trinajstić information content (AvgIpc) is 3.09. The fraction of sp³-hybridized carbons (Fsp3) is 0.588. The summed E-state index contributed by atoms with van der Waals surface area (Å²) in [5, 5.41) is 3.12. The number of fused-ring (bicyclic) bond motifs is 2. The molecule has 0 spiro atoms. The molecule has 0 aliphatic heterocycles. The molecule has 1 aromatic rings. The Morgan fingerprint density at radius 3 is 2.71 bits per heavy atom. The molecule has 4 heteroatoms. The second-order valence-electron chi connectivity index (χ2n) is 6.44. The molecule has 2 bridgehead atoms. The van der Waals surface area contributed by atoms with Crippen molar-refractivity contribution in [3.63, 3.8) is 0 Å². The lowest BCUT2D eigenvalue weighted by Crippen LogP contribution is -2.42. The Morgan fingerprint density at radius 2 is 2.10 bits per heavy atom. The van der Waals surface area contributed by atoms with Crippen LogP contribution in [0.1, 0.15) is 32.6 Å². The zero-order valence-corrected chi connectivity index (χ0v) is 13.9. The molecule has 2 saturated carbocycles. The third kappa shape index (κ3) is 3.60. The summed E-state index contributed by atoms with van der Waals surface area (Å²) in [6.07, 6.45) is 5.42. The highest BCUT2D eigenvalue weighted by atomic mass is 79.9. The molecule has 3 rings (SSSR count). The van der Waals surface area contributed by atoms with Gasteiger partial charge in [-0.1, -0.05) is 22.4 Å². The fourth-order valence-electron chi connectivity index (χ4n) is 3.99. The highest BCUT2D eigenvalue weighted by Crippen LogP contribution is 2.49. The number of carbonyl (C=O) groups is 1. The van der Waals surface area contributed by atoms with Crippen LogP contribution in [-0.2, 0) is 4.79 Å². The van der Waals surface area contributed by atoms with Crippen molar-refractivity contribution in [2.24, 2.45) is 17.8 Å². The number of halogens is 1. The van der Waals surface area contributed by atoms with Crippen LogP contribution in [-0.4, -0.2) is 18.6 Å². The summed E-state index contributed by atoms with van der Waals surface area (Å²) in [7, 11) is 0.